The number of aliphatic hydroxyl groups is 1. The molecule has 0 aromatic heterocycles. The van der Waals surface area contributed by atoms with Crippen molar-refractivity contribution in [1.82, 2.24) is 15.5 Å². The first kappa shape index (κ1) is 26.9. The van der Waals surface area contributed by atoms with Crippen molar-refractivity contribution in [2.45, 2.75) is 46.3 Å². The number of nitrogens with zero attached hydrogens (tertiary/aromatic N) is 1. The van der Waals surface area contributed by atoms with Crippen LogP contribution in [-0.4, -0.2) is 72.8 Å². The first-order valence-corrected chi connectivity index (χ1v) is 10.2. The zero-order valence-electron chi connectivity index (χ0n) is 19.5. The van der Waals surface area contributed by atoms with Gasteiger partial charge in [-0.25, -0.2) is 4.79 Å². The number of carbonyl (C=O) groups excluding carboxylic acids is 4. The number of esters is 1. The molecule has 3 N–H and O–H groups in total. The number of aryl methyl sites for hydroxylation is 2. The van der Waals surface area contributed by atoms with E-state index >= 15 is 0 Å². The van der Waals surface area contributed by atoms with Crippen molar-refractivity contribution in [2.24, 2.45) is 0 Å². The Morgan fingerprint density at radius 1 is 1.09 bits per heavy atom. The smallest absolute Gasteiger partial charge is 0.408 e. The molecule has 3 amide bonds. The highest BCUT2D eigenvalue weighted by molar-refractivity contribution is 5.92. The van der Waals surface area contributed by atoms with Gasteiger partial charge in [0.15, 0.2) is 0 Å². The Bertz CT molecular complexity index is 833. The van der Waals surface area contributed by atoms with Gasteiger partial charge < -0.3 is 30.1 Å². The summed E-state index contributed by atoms with van der Waals surface area (Å²) in [7, 11) is 1.20. The van der Waals surface area contributed by atoms with E-state index in [0.29, 0.717) is 5.56 Å². The summed E-state index contributed by atoms with van der Waals surface area (Å²) in [4.78, 5) is 50.7. The first-order chi connectivity index (χ1) is 14.9. The number of benzene rings is 1. The van der Waals surface area contributed by atoms with Crippen molar-refractivity contribution in [3.05, 3.63) is 34.9 Å². The summed E-state index contributed by atoms with van der Waals surface area (Å²) < 4.78 is 9.69. The molecule has 10 nitrogen and oxygen atoms in total. The van der Waals surface area contributed by atoms with Gasteiger partial charge in [0.05, 0.1) is 13.7 Å². The maximum atomic E-state index is 13.1. The molecule has 0 spiro atoms. The third-order valence-corrected chi connectivity index (χ3v) is 4.37. The highest BCUT2D eigenvalue weighted by Crippen LogP contribution is 2.26. The summed E-state index contributed by atoms with van der Waals surface area (Å²) in [5.41, 5.74) is 1.39. The Kier molecular flexibility index (Phi) is 10.1. The lowest BCUT2D eigenvalue weighted by Gasteiger charge is -2.32. The molecule has 0 heterocycles. The van der Waals surface area contributed by atoms with Crippen LogP contribution in [0.4, 0.5) is 4.79 Å². The molecule has 0 saturated heterocycles. The number of carbonyl (C=O) groups is 4. The quantitative estimate of drug-likeness (QED) is 0.477. The van der Waals surface area contributed by atoms with Crippen LogP contribution in [0.25, 0.3) is 0 Å². The van der Waals surface area contributed by atoms with Gasteiger partial charge in [-0.15, -0.1) is 0 Å². The predicted molar refractivity (Wildman–Crippen MR) is 117 cm³/mol. The number of hydrogen-bond donors (Lipinski definition) is 3. The Balaban J connectivity index is 3.21. The first-order valence-electron chi connectivity index (χ1n) is 10.2. The Hall–Kier alpha value is -3.14. The van der Waals surface area contributed by atoms with Crippen LogP contribution in [0.15, 0.2) is 18.2 Å². The van der Waals surface area contributed by atoms with E-state index in [2.05, 4.69) is 15.4 Å². The summed E-state index contributed by atoms with van der Waals surface area (Å²) in [6, 6.07) is 4.30. The fraction of sp³-hybridized carbons (Fsp3) is 0.545. The second kappa shape index (κ2) is 12.0. The van der Waals surface area contributed by atoms with Crippen molar-refractivity contribution in [3.8, 4) is 0 Å². The van der Waals surface area contributed by atoms with Crippen LogP contribution < -0.4 is 10.6 Å². The third kappa shape index (κ3) is 8.54. The maximum Gasteiger partial charge on any atom is 0.408 e. The van der Waals surface area contributed by atoms with E-state index in [1.807, 2.05) is 19.1 Å². The predicted octanol–water partition coefficient (Wildman–Crippen LogP) is 0.979. The average molecular weight is 452 g/mol. The van der Waals surface area contributed by atoms with Gasteiger partial charge in [0, 0.05) is 6.54 Å². The molecule has 1 aromatic rings. The van der Waals surface area contributed by atoms with Crippen molar-refractivity contribution in [1.29, 1.82) is 0 Å². The maximum absolute atomic E-state index is 13.1. The zero-order chi connectivity index (χ0) is 24.5. The lowest BCUT2D eigenvalue weighted by atomic mass is 9.96. The van der Waals surface area contributed by atoms with Crippen LogP contribution >= 0.6 is 0 Å². The molecule has 32 heavy (non-hydrogen) atoms. The fourth-order valence-electron chi connectivity index (χ4n) is 2.90. The van der Waals surface area contributed by atoms with E-state index in [9.17, 15) is 24.3 Å². The second-order valence-corrected chi connectivity index (χ2v) is 8.22. The van der Waals surface area contributed by atoms with Gasteiger partial charge in [-0.2, -0.15) is 0 Å². The van der Waals surface area contributed by atoms with Crippen LogP contribution in [0.5, 0.6) is 0 Å². The molecule has 1 rings (SSSR count). The Morgan fingerprint density at radius 3 is 2.31 bits per heavy atom. The van der Waals surface area contributed by atoms with E-state index in [1.165, 1.54) is 7.11 Å². The van der Waals surface area contributed by atoms with E-state index in [4.69, 9.17) is 4.74 Å². The number of rotatable bonds is 9. The van der Waals surface area contributed by atoms with E-state index < -0.39 is 48.7 Å². The molecule has 0 aliphatic carbocycles. The van der Waals surface area contributed by atoms with E-state index in [1.54, 1.807) is 33.8 Å². The molecule has 1 atom stereocenters. The number of amides is 3. The van der Waals surface area contributed by atoms with Crippen LogP contribution in [0.3, 0.4) is 0 Å². The van der Waals surface area contributed by atoms with Gasteiger partial charge in [0.1, 0.15) is 24.7 Å². The molecule has 0 aliphatic rings. The van der Waals surface area contributed by atoms with Crippen molar-refractivity contribution in [2.75, 3.05) is 33.4 Å². The number of alkyl carbamates (subject to hydrolysis) is 1. The minimum Gasteiger partial charge on any atom is -0.468 e. The summed E-state index contributed by atoms with van der Waals surface area (Å²) in [5, 5.41) is 14.4. The summed E-state index contributed by atoms with van der Waals surface area (Å²) in [5.74, 6) is -1.88. The number of methoxy groups -OCH3 is 1. The van der Waals surface area contributed by atoms with Crippen LogP contribution in [0.2, 0.25) is 0 Å². The van der Waals surface area contributed by atoms with E-state index in [0.717, 1.165) is 16.0 Å². The van der Waals surface area contributed by atoms with Crippen LogP contribution in [-0.2, 0) is 23.9 Å². The lowest BCUT2D eigenvalue weighted by molar-refractivity contribution is -0.144. The highest BCUT2D eigenvalue weighted by atomic mass is 16.6. The van der Waals surface area contributed by atoms with Crippen molar-refractivity contribution in [3.63, 3.8) is 0 Å². The van der Waals surface area contributed by atoms with E-state index in [-0.39, 0.29) is 13.1 Å². The monoisotopic (exact) mass is 451 g/mol. The molecule has 0 bridgehead atoms. The van der Waals surface area contributed by atoms with Crippen molar-refractivity contribution >= 4 is 23.9 Å². The third-order valence-electron chi connectivity index (χ3n) is 4.37. The number of nitrogens with one attached hydrogen (secondary N) is 2. The standard InChI is InChI=1S/C22H33N3O7/c1-14-7-8-15(2)16(11-14)19(20(29)23-13-18(28)31-6)25(9-10-26)17(27)12-24-21(30)32-22(3,4)5/h7-8,11,19,26H,9-10,12-13H2,1-6H3,(H,23,29)(H,24,30). The highest BCUT2D eigenvalue weighted by Gasteiger charge is 2.33. The van der Waals surface area contributed by atoms with Crippen LogP contribution in [0.1, 0.15) is 43.5 Å². The number of aliphatic hydroxyl groups excluding tert-OH is 1. The molecule has 0 radical (unpaired) electrons. The number of hydrogen-bond acceptors (Lipinski definition) is 7. The van der Waals surface area contributed by atoms with Crippen LogP contribution in [0, 0.1) is 13.8 Å². The second-order valence-electron chi connectivity index (χ2n) is 8.22. The minimum absolute atomic E-state index is 0.168. The van der Waals surface area contributed by atoms with Gasteiger partial charge in [-0.05, 0) is 45.7 Å². The minimum atomic E-state index is -1.14. The molecule has 0 fully saturated rings. The molecule has 178 valence electrons. The lowest BCUT2D eigenvalue weighted by Crippen LogP contribution is -2.49. The molecular weight excluding hydrogens is 418 g/mol. The topological polar surface area (TPSA) is 134 Å². The summed E-state index contributed by atoms with van der Waals surface area (Å²) in [6.45, 7) is 7.29. The van der Waals surface area contributed by atoms with Gasteiger partial charge in [-0.1, -0.05) is 23.8 Å². The Morgan fingerprint density at radius 2 is 1.75 bits per heavy atom. The molecular formula is C22H33N3O7. The molecule has 0 aliphatic heterocycles. The van der Waals surface area contributed by atoms with Gasteiger partial charge >= 0.3 is 12.1 Å². The SMILES string of the molecule is COC(=O)CNC(=O)C(c1cc(C)ccc1C)N(CCO)C(=O)CNC(=O)OC(C)(C)C. The van der Waals surface area contributed by atoms with Crippen molar-refractivity contribution < 1.29 is 33.8 Å². The molecule has 0 saturated carbocycles. The zero-order valence-corrected chi connectivity index (χ0v) is 19.5. The van der Waals surface area contributed by atoms with Gasteiger partial charge in [0.2, 0.25) is 11.8 Å². The number of ether oxygens (including phenoxy) is 2. The Labute approximate surface area is 188 Å². The summed E-state index contributed by atoms with van der Waals surface area (Å²) in [6.07, 6.45) is -0.784. The normalized spacial score (nSPS) is 11.8. The molecule has 1 unspecified atom stereocenters. The largest absolute Gasteiger partial charge is 0.468 e. The average Bonchev–Trinajstić information content (AvgIpc) is 2.70. The molecule has 10 heteroatoms. The molecule has 1 aromatic carbocycles. The summed E-state index contributed by atoms with van der Waals surface area (Å²) >= 11 is 0. The van der Waals surface area contributed by atoms with Gasteiger partial charge in [0.25, 0.3) is 0 Å². The van der Waals surface area contributed by atoms with Gasteiger partial charge in [-0.3, -0.25) is 14.4 Å². The fourth-order valence-corrected chi connectivity index (χ4v) is 2.90.